The minimum atomic E-state index is -4.12. The Kier molecular flexibility index (Phi) is 6.82. The minimum absolute atomic E-state index is 0.0214. The van der Waals surface area contributed by atoms with Gasteiger partial charge in [-0.2, -0.15) is 14.7 Å². The fraction of sp³-hybridized carbons (Fsp3) is 0.0909. The zero-order valence-corrected chi connectivity index (χ0v) is 17.6. The lowest BCUT2D eigenvalue weighted by molar-refractivity contribution is 0.393. The van der Waals surface area contributed by atoms with Crippen LogP contribution in [0.4, 0.5) is 8.78 Å². The molecule has 3 aromatic rings. The Morgan fingerprint density at radius 3 is 2.28 bits per heavy atom. The molecule has 0 aliphatic heterocycles. The highest BCUT2D eigenvalue weighted by Crippen LogP contribution is 2.23. The number of hydrogen-bond donors (Lipinski definition) is 2. The van der Waals surface area contributed by atoms with Crippen molar-refractivity contribution in [1.29, 1.82) is 5.26 Å². The Bertz CT molecular complexity index is 1300. The van der Waals surface area contributed by atoms with Crippen molar-refractivity contribution in [2.45, 2.75) is 18.0 Å². The molecule has 0 saturated carbocycles. The molecule has 0 heterocycles. The topological polar surface area (TPSA) is 126 Å². The van der Waals surface area contributed by atoms with E-state index in [2.05, 4.69) is 5.10 Å². The average Bonchev–Trinajstić information content (AvgIpc) is 2.79. The van der Waals surface area contributed by atoms with Gasteiger partial charge in [0.2, 0.25) is 10.0 Å². The number of amidine groups is 1. The van der Waals surface area contributed by atoms with Crippen LogP contribution in [0.5, 0.6) is 0 Å². The van der Waals surface area contributed by atoms with Gasteiger partial charge in [-0.25, -0.2) is 17.2 Å². The van der Waals surface area contributed by atoms with Gasteiger partial charge in [0.1, 0.15) is 11.6 Å². The molecule has 0 aromatic heterocycles. The summed E-state index contributed by atoms with van der Waals surface area (Å²) < 4.78 is 56.4. The summed E-state index contributed by atoms with van der Waals surface area (Å²) in [4.78, 5) is -0.0792. The second-order valence-electron chi connectivity index (χ2n) is 6.83. The molecule has 0 saturated heterocycles. The summed E-state index contributed by atoms with van der Waals surface area (Å²) in [6, 6.07) is 17.0. The number of nitrogens with two attached hydrogens (primary N) is 2. The van der Waals surface area contributed by atoms with Crippen LogP contribution in [0.15, 0.2) is 76.7 Å². The summed E-state index contributed by atoms with van der Waals surface area (Å²) in [5.74, 6) is 3.59. The molecule has 0 radical (unpaired) electrons. The number of benzene rings is 3. The molecule has 0 aliphatic carbocycles. The summed E-state index contributed by atoms with van der Waals surface area (Å²) in [6.07, 6.45) is 0. The monoisotopic (exact) mass is 455 g/mol. The standard InChI is InChI=1S/C22H19F2N5O2S/c23-20-4-2-1-3-17(20)14-29(32(30,31)18-8-5-15(12-25)6-9-18)13-16-7-10-19(21(24)11-16)22(26)28-27/h1-11H,13-14,27H2,(H2,26,28). The van der Waals surface area contributed by atoms with E-state index in [0.717, 1.165) is 10.4 Å². The number of nitriles is 1. The van der Waals surface area contributed by atoms with Gasteiger partial charge in [-0.05, 0) is 48.0 Å². The van der Waals surface area contributed by atoms with E-state index in [4.69, 9.17) is 16.8 Å². The van der Waals surface area contributed by atoms with Crippen molar-refractivity contribution in [2.75, 3.05) is 0 Å². The number of sulfonamides is 1. The van der Waals surface area contributed by atoms with E-state index in [1.165, 1.54) is 54.6 Å². The molecule has 0 atom stereocenters. The Balaban J connectivity index is 2.01. The quantitative estimate of drug-likeness (QED) is 0.245. The van der Waals surface area contributed by atoms with Crippen LogP contribution in [0.3, 0.4) is 0 Å². The highest BCUT2D eigenvalue weighted by Gasteiger charge is 2.26. The second kappa shape index (κ2) is 9.55. The van der Waals surface area contributed by atoms with Crippen molar-refractivity contribution in [3.63, 3.8) is 0 Å². The van der Waals surface area contributed by atoms with Gasteiger partial charge in [0.15, 0.2) is 5.84 Å². The van der Waals surface area contributed by atoms with Crippen molar-refractivity contribution in [3.05, 3.63) is 101 Å². The second-order valence-corrected chi connectivity index (χ2v) is 8.77. The highest BCUT2D eigenvalue weighted by atomic mass is 32.2. The zero-order chi connectivity index (χ0) is 23.3. The fourth-order valence-corrected chi connectivity index (χ4v) is 4.44. The molecular formula is C22H19F2N5O2S. The van der Waals surface area contributed by atoms with Gasteiger partial charge in [0, 0.05) is 18.7 Å². The largest absolute Gasteiger partial charge is 0.382 e. The first kappa shape index (κ1) is 22.9. The van der Waals surface area contributed by atoms with E-state index < -0.39 is 21.7 Å². The van der Waals surface area contributed by atoms with Crippen molar-refractivity contribution in [1.82, 2.24) is 4.31 Å². The van der Waals surface area contributed by atoms with Crippen molar-refractivity contribution in [2.24, 2.45) is 16.7 Å². The molecule has 164 valence electrons. The van der Waals surface area contributed by atoms with Crippen LogP contribution in [0.25, 0.3) is 0 Å². The Hall–Kier alpha value is -3.81. The predicted octanol–water partition coefficient (Wildman–Crippen LogP) is 2.81. The molecule has 0 aliphatic rings. The molecule has 3 rings (SSSR count). The van der Waals surface area contributed by atoms with Crippen molar-refractivity contribution in [3.8, 4) is 6.07 Å². The zero-order valence-electron chi connectivity index (χ0n) is 16.7. The summed E-state index contributed by atoms with van der Waals surface area (Å²) in [5.41, 5.74) is 6.28. The lowest BCUT2D eigenvalue weighted by Gasteiger charge is -2.23. The van der Waals surface area contributed by atoms with E-state index in [1.807, 2.05) is 6.07 Å². The maximum absolute atomic E-state index is 14.5. The molecular weight excluding hydrogens is 436 g/mol. The smallest absolute Gasteiger partial charge is 0.243 e. The third kappa shape index (κ3) is 4.91. The molecule has 32 heavy (non-hydrogen) atoms. The summed E-state index contributed by atoms with van der Waals surface area (Å²) in [5, 5.41) is 12.2. The van der Waals surface area contributed by atoms with Gasteiger partial charge in [-0.1, -0.05) is 24.3 Å². The van der Waals surface area contributed by atoms with Crippen molar-refractivity contribution >= 4 is 15.9 Å². The molecule has 0 fully saturated rings. The van der Waals surface area contributed by atoms with Gasteiger partial charge in [-0.3, -0.25) is 0 Å². The van der Waals surface area contributed by atoms with Crippen LogP contribution in [-0.4, -0.2) is 18.6 Å². The lowest BCUT2D eigenvalue weighted by Crippen LogP contribution is -2.31. The normalized spacial score (nSPS) is 12.0. The van der Waals surface area contributed by atoms with Crippen molar-refractivity contribution < 1.29 is 17.2 Å². The third-order valence-electron chi connectivity index (χ3n) is 4.73. The SMILES string of the molecule is N#Cc1ccc(S(=O)(=O)N(Cc2ccc(/C(N)=N/N)c(F)c2)Cc2ccccc2F)cc1. The summed E-state index contributed by atoms with van der Waals surface area (Å²) in [6.45, 7) is -0.529. The third-order valence-corrected chi connectivity index (χ3v) is 6.54. The number of rotatable bonds is 7. The molecule has 4 N–H and O–H groups in total. The number of halogens is 2. The van der Waals surface area contributed by atoms with E-state index in [9.17, 15) is 17.2 Å². The van der Waals surface area contributed by atoms with E-state index in [-0.39, 0.29) is 34.9 Å². The Labute approximate surface area is 184 Å². The van der Waals surface area contributed by atoms with Gasteiger partial charge >= 0.3 is 0 Å². The molecule has 7 nitrogen and oxygen atoms in total. The fourth-order valence-electron chi connectivity index (χ4n) is 3.03. The van der Waals surface area contributed by atoms with Crippen LogP contribution >= 0.6 is 0 Å². The molecule has 0 amide bonds. The Morgan fingerprint density at radius 2 is 1.69 bits per heavy atom. The number of hydrogen-bond acceptors (Lipinski definition) is 5. The van der Waals surface area contributed by atoms with E-state index >= 15 is 0 Å². The van der Waals surface area contributed by atoms with Gasteiger partial charge in [-0.15, -0.1) is 0 Å². The molecule has 0 bridgehead atoms. The number of nitrogens with zero attached hydrogens (tertiary/aromatic N) is 3. The molecule has 0 unspecified atom stereocenters. The average molecular weight is 455 g/mol. The van der Waals surface area contributed by atoms with E-state index in [0.29, 0.717) is 11.1 Å². The lowest BCUT2D eigenvalue weighted by atomic mass is 10.1. The summed E-state index contributed by atoms with van der Waals surface area (Å²) in [7, 11) is -4.12. The molecule has 3 aromatic carbocycles. The number of hydrazone groups is 1. The van der Waals surface area contributed by atoms with Crippen LogP contribution in [0.2, 0.25) is 0 Å². The van der Waals surface area contributed by atoms with Crippen LogP contribution < -0.4 is 11.6 Å². The first-order valence-electron chi connectivity index (χ1n) is 9.32. The van der Waals surface area contributed by atoms with Crippen LogP contribution in [0.1, 0.15) is 22.3 Å². The minimum Gasteiger partial charge on any atom is -0.382 e. The van der Waals surface area contributed by atoms with Gasteiger partial charge in [0.25, 0.3) is 0 Å². The molecule has 0 spiro atoms. The van der Waals surface area contributed by atoms with Crippen LogP contribution in [-0.2, 0) is 23.1 Å². The predicted molar refractivity (Wildman–Crippen MR) is 115 cm³/mol. The Morgan fingerprint density at radius 1 is 1.00 bits per heavy atom. The first-order valence-corrected chi connectivity index (χ1v) is 10.8. The maximum Gasteiger partial charge on any atom is 0.243 e. The van der Waals surface area contributed by atoms with E-state index in [1.54, 1.807) is 6.07 Å². The van der Waals surface area contributed by atoms with Crippen LogP contribution in [0, 0.1) is 23.0 Å². The molecule has 10 heteroatoms. The van der Waals surface area contributed by atoms with Gasteiger partial charge < -0.3 is 11.6 Å². The summed E-state index contributed by atoms with van der Waals surface area (Å²) >= 11 is 0. The van der Waals surface area contributed by atoms with Gasteiger partial charge in [0.05, 0.1) is 22.1 Å². The first-order chi connectivity index (χ1) is 15.3. The maximum atomic E-state index is 14.5. The highest BCUT2D eigenvalue weighted by molar-refractivity contribution is 7.89.